The van der Waals surface area contributed by atoms with Gasteiger partial charge in [-0.05, 0) is 37.0 Å². The first-order valence-corrected chi connectivity index (χ1v) is 7.24. The Bertz CT molecular complexity index is 336. The van der Waals surface area contributed by atoms with E-state index in [1.54, 1.807) is 0 Å². The van der Waals surface area contributed by atoms with E-state index < -0.39 is 12.0 Å². The highest BCUT2D eigenvalue weighted by atomic mass is 16.4. The van der Waals surface area contributed by atoms with Crippen LogP contribution in [0.25, 0.3) is 0 Å². The topological polar surface area (TPSA) is 66.4 Å². The monoisotopic (exact) mass is 269 g/mol. The van der Waals surface area contributed by atoms with E-state index in [0.717, 1.165) is 25.7 Å². The van der Waals surface area contributed by atoms with Crippen molar-refractivity contribution in [1.82, 2.24) is 5.32 Å². The van der Waals surface area contributed by atoms with Gasteiger partial charge in [-0.3, -0.25) is 4.79 Å². The van der Waals surface area contributed by atoms with Gasteiger partial charge in [0.2, 0.25) is 5.91 Å². The zero-order valence-corrected chi connectivity index (χ0v) is 12.5. The fourth-order valence-corrected chi connectivity index (χ4v) is 2.90. The number of amides is 1. The number of carbonyl (C=O) groups is 2. The van der Waals surface area contributed by atoms with Crippen LogP contribution in [-0.2, 0) is 9.59 Å². The minimum atomic E-state index is -0.933. The summed E-state index contributed by atoms with van der Waals surface area (Å²) in [5.41, 5.74) is 0.191. The van der Waals surface area contributed by atoms with Crippen molar-refractivity contribution in [2.75, 3.05) is 0 Å². The summed E-state index contributed by atoms with van der Waals surface area (Å²) in [4.78, 5) is 23.4. The molecule has 2 atom stereocenters. The average molecular weight is 269 g/mol. The maximum absolute atomic E-state index is 12.2. The molecule has 0 aromatic carbocycles. The molecule has 1 aliphatic carbocycles. The molecule has 1 fully saturated rings. The lowest BCUT2D eigenvalue weighted by molar-refractivity contribution is -0.143. The molecule has 1 rings (SSSR count). The summed E-state index contributed by atoms with van der Waals surface area (Å²) in [6.07, 6.45) is 4.41. The molecule has 0 aromatic rings. The number of carbonyl (C=O) groups excluding carboxylic acids is 1. The van der Waals surface area contributed by atoms with Crippen LogP contribution in [0.5, 0.6) is 0 Å². The molecule has 0 aliphatic heterocycles. The van der Waals surface area contributed by atoms with E-state index in [0.29, 0.717) is 6.42 Å². The molecule has 1 aliphatic rings. The summed E-state index contributed by atoms with van der Waals surface area (Å²) < 4.78 is 0. The number of hydrogen-bond donors (Lipinski definition) is 2. The highest BCUT2D eigenvalue weighted by Gasteiger charge is 2.33. The Balaban J connectivity index is 2.59. The molecule has 4 heteroatoms. The third-order valence-electron chi connectivity index (χ3n) is 3.90. The first-order chi connectivity index (χ1) is 8.71. The van der Waals surface area contributed by atoms with Crippen LogP contribution in [0.1, 0.15) is 59.8 Å². The second-order valence-electron chi connectivity index (χ2n) is 6.99. The smallest absolute Gasteiger partial charge is 0.326 e. The van der Waals surface area contributed by atoms with E-state index in [1.165, 1.54) is 0 Å². The van der Waals surface area contributed by atoms with E-state index in [1.807, 2.05) is 13.8 Å². The molecule has 19 heavy (non-hydrogen) atoms. The van der Waals surface area contributed by atoms with Gasteiger partial charge in [-0.2, -0.15) is 0 Å². The Morgan fingerprint density at radius 3 is 2.47 bits per heavy atom. The maximum atomic E-state index is 12.2. The standard InChI is InChI=1S/C15H27NO3/c1-10(2)8-12(14(18)19)16-13(17)11-6-5-7-15(3,4)9-11/h10-12H,5-9H2,1-4H3,(H,16,17)(H,18,19)/t11?,12-/m0/s1. The van der Waals surface area contributed by atoms with E-state index in [-0.39, 0.29) is 23.2 Å². The summed E-state index contributed by atoms with van der Waals surface area (Å²) in [5, 5.41) is 11.9. The number of carboxylic acids is 1. The SMILES string of the molecule is CC(C)C[C@H](NC(=O)C1CCCC(C)(C)C1)C(=O)O. The lowest BCUT2D eigenvalue weighted by atomic mass is 9.72. The normalized spacial score (nSPS) is 23.9. The van der Waals surface area contributed by atoms with Crippen molar-refractivity contribution in [2.45, 2.75) is 65.8 Å². The van der Waals surface area contributed by atoms with Crippen LogP contribution in [0, 0.1) is 17.3 Å². The molecule has 110 valence electrons. The van der Waals surface area contributed by atoms with Gasteiger partial charge in [-0.1, -0.05) is 34.1 Å². The van der Waals surface area contributed by atoms with Crippen LogP contribution in [0.15, 0.2) is 0 Å². The first-order valence-electron chi connectivity index (χ1n) is 7.24. The van der Waals surface area contributed by atoms with Gasteiger partial charge >= 0.3 is 5.97 Å². The summed E-state index contributed by atoms with van der Waals surface area (Å²) in [6, 6.07) is -0.752. The molecule has 1 saturated carbocycles. The van der Waals surface area contributed by atoms with Crippen LogP contribution in [0.3, 0.4) is 0 Å². The zero-order chi connectivity index (χ0) is 14.6. The van der Waals surface area contributed by atoms with Gasteiger partial charge in [0.1, 0.15) is 6.04 Å². The number of rotatable bonds is 5. The second kappa shape index (κ2) is 6.40. The van der Waals surface area contributed by atoms with E-state index in [9.17, 15) is 9.59 Å². The van der Waals surface area contributed by atoms with Gasteiger partial charge in [0.05, 0.1) is 0 Å². The predicted octanol–water partition coefficient (Wildman–Crippen LogP) is 2.82. The molecule has 0 heterocycles. The molecule has 1 amide bonds. The third-order valence-corrected chi connectivity index (χ3v) is 3.90. The fourth-order valence-electron chi connectivity index (χ4n) is 2.90. The first kappa shape index (κ1) is 16.0. The van der Waals surface area contributed by atoms with Gasteiger partial charge < -0.3 is 10.4 Å². The predicted molar refractivity (Wildman–Crippen MR) is 74.8 cm³/mol. The van der Waals surface area contributed by atoms with Crippen LogP contribution in [-0.4, -0.2) is 23.0 Å². The number of hydrogen-bond acceptors (Lipinski definition) is 2. The molecule has 4 nitrogen and oxygen atoms in total. The summed E-state index contributed by atoms with van der Waals surface area (Å²) in [7, 11) is 0. The number of nitrogens with one attached hydrogen (secondary N) is 1. The van der Waals surface area contributed by atoms with Crippen LogP contribution < -0.4 is 5.32 Å². The van der Waals surface area contributed by atoms with Crippen molar-refractivity contribution in [2.24, 2.45) is 17.3 Å². The average Bonchev–Trinajstić information content (AvgIpc) is 2.25. The Kier molecular flexibility index (Phi) is 5.39. The van der Waals surface area contributed by atoms with Gasteiger partial charge in [0.25, 0.3) is 0 Å². The summed E-state index contributed by atoms with van der Waals surface area (Å²) >= 11 is 0. The van der Waals surface area contributed by atoms with Gasteiger partial charge in [-0.15, -0.1) is 0 Å². The van der Waals surface area contributed by atoms with Crippen molar-refractivity contribution in [1.29, 1.82) is 0 Å². The van der Waals surface area contributed by atoms with Crippen molar-refractivity contribution in [3.8, 4) is 0 Å². The molecule has 0 spiro atoms. The van der Waals surface area contributed by atoms with Crippen LogP contribution in [0.4, 0.5) is 0 Å². The van der Waals surface area contributed by atoms with Gasteiger partial charge in [0, 0.05) is 5.92 Å². The fraction of sp³-hybridized carbons (Fsp3) is 0.867. The van der Waals surface area contributed by atoms with Crippen LogP contribution in [0.2, 0.25) is 0 Å². The minimum absolute atomic E-state index is 0.0298. The van der Waals surface area contributed by atoms with Crippen molar-refractivity contribution < 1.29 is 14.7 Å². The molecule has 0 bridgehead atoms. The largest absolute Gasteiger partial charge is 0.480 e. The van der Waals surface area contributed by atoms with Gasteiger partial charge in [0.15, 0.2) is 0 Å². The molecule has 0 saturated heterocycles. The Morgan fingerprint density at radius 2 is 2.00 bits per heavy atom. The maximum Gasteiger partial charge on any atom is 0.326 e. The second-order valence-corrected chi connectivity index (χ2v) is 6.99. The quantitative estimate of drug-likeness (QED) is 0.806. The van der Waals surface area contributed by atoms with E-state index >= 15 is 0 Å². The molecule has 2 N–H and O–H groups in total. The molecular weight excluding hydrogens is 242 g/mol. The molecule has 1 unspecified atom stereocenters. The van der Waals surface area contributed by atoms with E-state index in [4.69, 9.17) is 5.11 Å². The van der Waals surface area contributed by atoms with Crippen LogP contribution >= 0.6 is 0 Å². The number of carboxylic acid groups (broad SMARTS) is 1. The highest BCUT2D eigenvalue weighted by molar-refractivity contribution is 5.85. The lowest BCUT2D eigenvalue weighted by Crippen LogP contribution is -2.45. The Hall–Kier alpha value is -1.06. The van der Waals surface area contributed by atoms with Gasteiger partial charge in [-0.25, -0.2) is 4.79 Å². The molecular formula is C15H27NO3. The summed E-state index contributed by atoms with van der Waals surface area (Å²) in [6.45, 7) is 8.28. The Morgan fingerprint density at radius 1 is 1.37 bits per heavy atom. The molecule has 0 radical (unpaired) electrons. The lowest BCUT2D eigenvalue weighted by Gasteiger charge is -2.35. The zero-order valence-electron chi connectivity index (χ0n) is 12.5. The van der Waals surface area contributed by atoms with Crippen molar-refractivity contribution >= 4 is 11.9 Å². The van der Waals surface area contributed by atoms with Crippen molar-refractivity contribution in [3.63, 3.8) is 0 Å². The molecule has 0 aromatic heterocycles. The summed E-state index contributed by atoms with van der Waals surface area (Å²) in [5.74, 6) is -0.792. The third kappa shape index (κ3) is 5.21. The highest BCUT2D eigenvalue weighted by Crippen LogP contribution is 2.38. The minimum Gasteiger partial charge on any atom is -0.480 e. The van der Waals surface area contributed by atoms with E-state index in [2.05, 4.69) is 19.2 Å². The Labute approximate surface area is 116 Å². The number of aliphatic carboxylic acids is 1. The van der Waals surface area contributed by atoms with Crippen molar-refractivity contribution in [3.05, 3.63) is 0 Å².